The molecule has 0 fully saturated rings. The first-order valence-electron chi connectivity index (χ1n) is 33.8. The molecule has 0 bridgehead atoms. The molecule has 1 aromatic carbocycles. The number of carboxylic acid groups (broad SMARTS) is 2. The minimum absolute atomic E-state index is 0.00783. The minimum atomic E-state index is -1.82. The maximum absolute atomic E-state index is 14.3. The van der Waals surface area contributed by atoms with Crippen molar-refractivity contribution in [3.8, 4) is 5.75 Å². The fourth-order valence-electron chi connectivity index (χ4n) is 9.98. The van der Waals surface area contributed by atoms with Gasteiger partial charge in [0.1, 0.15) is 65.7 Å². The Morgan fingerprint density at radius 2 is 0.960 bits per heavy atom. The lowest BCUT2D eigenvalue weighted by molar-refractivity contribution is -0.143. The zero-order valence-electron chi connectivity index (χ0n) is 59.3. The number of hydrogen-bond donors (Lipinski definition) is 20. The fraction of sp³-hybridized carbons (Fsp3) is 0.677. The van der Waals surface area contributed by atoms with Crippen molar-refractivity contribution in [1.82, 2.24) is 58.5 Å². The standard InChI is InChI=1S/C65H112N18O17/c1-11-37(8)52(60(96)79-45(31-34(2)3)57(93)77-44(62(98)99)24-26-47(69)85)82-55(91)42(19-13-15-29-67)75-54(90)41(18-12-14-28-66)74-48(86)33-73-63(100)65(9,10)83-61(97)51(36(6)7)81-56(92)43(25-27-49(87)88)76-59(95)50(35(4)5)80-58(94)46(32-38-20-22-39(84)23-21-38)78-53(89)40(68)17-16-30-72-64(70)71/h20-23,34-37,40-46,50-52,84H,11-19,24-33,66-68H2,1-10H3,(H2,69,85)(H,73,100)(H,74,86)(H,75,90)(H,76,95)(H,77,93)(H,78,89)(H,79,96)(H,80,94)(H,81,92)(H,82,91)(H,83,97)(H,87,88)(H,98,99)(H4,70,71,72)/t37-,40-,41-,42-,43-,44-,45-,46-,50-,51-,52-/m0/s1. The number of aliphatic carboxylic acids is 2. The Morgan fingerprint density at radius 3 is 1.46 bits per heavy atom. The van der Waals surface area contributed by atoms with Crippen LogP contribution in [-0.2, 0) is 73.5 Å². The summed E-state index contributed by atoms with van der Waals surface area (Å²) in [7, 11) is 0. The van der Waals surface area contributed by atoms with Gasteiger partial charge in [0.05, 0.1) is 12.6 Å². The van der Waals surface area contributed by atoms with Crippen LogP contribution < -0.4 is 92.9 Å². The number of carboxylic acids is 2. The molecule has 1 aromatic rings. The molecule has 100 heavy (non-hydrogen) atoms. The largest absolute Gasteiger partial charge is 0.508 e. The molecule has 26 N–H and O–H groups in total. The lowest BCUT2D eigenvalue weighted by Gasteiger charge is -2.31. The van der Waals surface area contributed by atoms with E-state index in [-0.39, 0.29) is 82.2 Å². The third-order valence-corrected chi connectivity index (χ3v) is 16.1. The van der Waals surface area contributed by atoms with E-state index in [1.807, 2.05) is 0 Å². The van der Waals surface area contributed by atoms with Gasteiger partial charge in [0.25, 0.3) is 0 Å². The average molecular weight is 1420 g/mol. The van der Waals surface area contributed by atoms with Gasteiger partial charge in [0.2, 0.25) is 70.9 Å². The molecule has 564 valence electrons. The Labute approximate surface area is 584 Å². The number of guanidine groups is 1. The van der Waals surface area contributed by atoms with Gasteiger partial charge in [0.15, 0.2) is 5.96 Å². The van der Waals surface area contributed by atoms with Crippen molar-refractivity contribution in [2.24, 2.45) is 63.1 Å². The number of benzene rings is 1. The van der Waals surface area contributed by atoms with Gasteiger partial charge >= 0.3 is 11.9 Å². The number of phenolic OH excluding ortho intramolecular Hbond substituents is 1. The van der Waals surface area contributed by atoms with Crippen LogP contribution in [0.5, 0.6) is 5.75 Å². The maximum Gasteiger partial charge on any atom is 0.326 e. The van der Waals surface area contributed by atoms with Crippen LogP contribution in [0.3, 0.4) is 0 Å². The summed E-state index contributed by atoms with van der Waals surface area (Å²) in [6, 6.07) is -7.84. The molecule has 0 saturated carbocycles. The van der Waals surface area contributed by atoms with Crippen molar-refractivity contribution in [2.75, 3.05) is 26.2 Å². The van der Waals surface area contributed by atoms with Gasteiger partial charge in [-0.1, -0.05) is 73.9 Å². The molecule has 0 radical (unpaired) electrons. The Bertz CT molecular complexity index is 2930. The number of carbonyl (C=O) groups excluding carboxylic acids is 12. The van der Waals surface area contributed by atoms with Gasteiger partial charge in [-0.15, -0.1) is 0 Å². The summed E-state index contributed by atoms with van der Waals surface area (Å²) in [5, 5.41) is 57.5. The smallest absolute Gasteiger partial charge is 0.326 e. The molecule has 35 heteroatoms. The van der Waals surface area contributed by atoms with Gasteiger partial charge in [-0.05, 0) is 139 Å². The molecule has 0 aliphatic carbocycles. The normalized spacial score (nSPS) is 14.6. The molecule has 0 aliphatic heterocycles. The van der Waals surface area contributed by atoms with E-state index in [1.54, 1.807) is 55.4 Å². The van der Waals surface area contributed by atoms with Crippen LogP contribution in [0.1, 0.15) is 165 Å². The van der Waals surface area contributed by atoms with E-state index in [2.05, 4.69) is 63.5 Å². The molecule has 0 heterocycles. The molecule has 0 unspecified atom stereocenters. The third kappa shape index (κ3) is 34.0. The van der Waals surface area contributed by atoms with E-state index in [4.69, 9.17) is 34.4 Å². The van der Waals surface area contributed by atoms with Crippen LogP contribution >= 0.6 is 0 Å². The van der Waals surface area contributed by atoms with E-state index < -0.39 is 186 Å². The lowest BCUT2D eigenvalue weighted by Crippen LogP contribution is -2.63. The molecule has 11 atom stereocenters. The summed E-state index contributed by atoms with van der Waals surface area (Å²) in [6.07, 6.45) is 0.440. The van der Waals surface area contributed by atoms with Gasteiger partial charge < -0.3 is 108 Å². The lowest BCUT2D eigenvalue weighted by atomic mass is 9.96. The van der Waals surface area contributed by atoms with Crippen molar-refractivity contribution in [3.05, 3.63) is 29.8 Å². The molecule has 1 rings (SSSR count). The quantitative estimate of drug-likeness (QED) is 0.0171. The number of nitrogens with one attached hydrogen (secondary N) is 11. The van der Waals surface area contributed by atoms with Crippen molar-refractivity contribution in [1.29, 1.82) is 0 Å². The number of aromatic hydroxyl groups is 1. The average Bonchev–Trinajstić information content (AvgIpc) is 0.843. The van der Waals surface area contributed by atoms with Crippen molar-refractivity contribution < 1.29 is 82.4 Å². The number of phenols is 1. The second-order valence-corrected chi connectivity index (χ2v) is 26.5. The first-order chi connectivity index (χ1) is 46.8. The van der Waals surface area contributed by atoms with Gasteiger partial charge in [-0.25, -0.2) is 4.79 Å². The Morgan fingerprint density at radius 1 is 0.510 bits per heavy atom. The van der Waals surface area contributed by atoms with Crippen LogP contribution in [0.2, 0.25) is 0 Å². The van der Waals surface area contributed by atoms with E-state index in [9.17, 15) is 82.4 Å². The van der Waals surface area contributed by atoms with Crippen LogP contribution in [0.25, 0.3) is 0 Å². The second kappa shape index (κ2) is 45.4. The highest BCUT2D eigenvalue weighted by Gasteiger charge is 2.39. The number of amides is 12. The number of unbranched alkanes of at least 4 members (excludes halogenated alkanes) is 2. The first-order valence-corrected chi connectivity index (χ1v) is 33.8. The monoisotopic (exact) mass is 1420 g/mol. The maximum atomic E-state index is 14.3. The summed E-state index contributed by atoms with van der Waals surface area (Å²) < 4.78 is 0. The van der Waals surface area contributed by atoms with E-state index in [1.165, 1.54) is 38.1 Å². The summed E-state index contributed by atoms with van der Waals surface area (Å²) >= 11 is 0. The van der Waals surface area contributed by atoms with Crippen molar-refractivity contribution in [2.45, 2.75) is 232 Å². The molecule has 0 saturated heterocycles. The number of primary amides is 1. The highest BCUT2D eigenvalue weighted by Crippen LogP contribution is 2.17. The minimum Gasteiger partial charge on any atom is -0.508 e. The number of aliphatic imine (C=N–C) groups is 1. The molecular formula is C65H112N18O17. The van der Waals surface area contributed by atoms with Crippen LogP contribution in [0.15, 0.2) is 29.3 Å². The van der Waals surface area contributed by atoms with Crippen LogP contribution in [-0.4, -0.2) is 196 Å². The van der Waals surface area contributed by atoms with Gasteiger partial charge in [-0.2, -0.15) is 0 Å². The fourth-order valence-corrected chi connectivity index (χ4v) is 9.98. The number of nitrogens with zero attached hydrogens (tertiary/aromatic N) is 1. The number of hydrogen-bond acceptors (Lipinski definition) is 19. The highest BCUT2D eigenvalue weighted by molar-refractivity contribution is 6.00. The van der Waals surface area contributed by atoms with Crippen molar-refractivity contribution >= 4 is 88.8 Å². The summed E-state index contributed by atoms with van der Waals surface area (Å²) in [5.74, 6) is -15.4. The number of nitrogens with two attached hydrogens (primary N) is 6. The predicted molar refractivity (Wildman–Crippen MR) is 370 cm³/mol. The zero-order valence-corrected chi connectivity index (χ0v) is 59.3. The topological polar surface area (TPSA) is 600 Å². The van der Waals surface area contributed by atoms with E-state index in [0.29, 0.717) is 44.1 Å². The van der Waals surface area contributed by atoms with Crippen molar-refractivity contribution in [3.63, 3.8) is 0 Å². The number of rotatable bonds is 49. The summed E-state index contributed by atoms with van der Waals surface area (Å²) in [4.78, 5) is 193. The molecule has 0 spiro atoms. The van der Waals surface area contributed by atoms with Crippen LogP contribution in [0, 0.1) is 23.7 Å². The van der Waals surface area contributed by atoms with Gasteiger partial charge in [-0.3, -0.25) is 67.3 Å². The predicted octanol–water partition coefficient (Wildman–Crippen LogP) is -3.43. The molecule has 35 nitrogen and oxygen atoms in total. The van der Waals surface area contributed by atoms with E-state index in [0.717, 1.165) is 0 Å². The molecule has 12 amide bonds. The summed E-state index contributed by atoms with van der Waals surface area (Å²) in [6.45, 7) is 15.7. The van der Waals surface area contributed by atoms with Crippen LogP contribution in [0.4, 0.5) is 0 Å². The molecule has 0 aliphatic rings. The highest BCUT2D eigenvalue weighted by atomic mass is 16.4. The second-order valence-electron chi connectivity index (χ2n) is 26.5. The van der Waals surface area contributed by atoms with E-state index >= 15 is 0 Å². The van der Waals surface area contributed by atoms with Gasteiger partial charge in [0, 0.05) is 25.8 Å². The zero-order chi connectivity index (χ0) is 76.1. The molecular weight excluding hydrogens is 1300 g/mol. The Kier molecular flexibility index (Phi) is 40.3. The Balaban J connectivity index is 3.39. The Hall–Kier alpha value is -9.25. The summed E-state index contributed by atoms with van der Waals surface area (Å²) in [5.41, 5.74) is 32.3. The SMILES string of the molecule is CC[C@H](C)[C@H](NC(=O)[C@H](CCCCN)NC(=O)[C@H](CCCCN)NC(=O)CNC(=O)C(C)(C)NC(=O)[C@@H](NC(=O)[C@H](CCC(=O)O)NC(=O)[C@@H](NC(=O)[C@H](Cc1ccc(O)cc1)NC(=O)[C@@H](N)CCCN=C(N)N)C(C)C)C(C)C)C(=O)N[C@@H](CC(C)C)C(=O)N[C@@H](CCC(N)=O)C(=O)O. The first kappa shape index (κ1) is 88.8. The number of carbonyl (C=O) groups is 14. The molecule has 0 aromatic heterocycles. The third-order valence-electron chi connectivity index (χ3n) is 16.1.